The summed E-state index contributed by atoms with van der Waals surface area (Å²) in [6, 6.07) is 7.52. The van der Waals surface area contributed by atoms with Crippen molar-refractivity contribution in [1.82, 2.24) is 0 Å². The van der Waals surface area contributed by atoms with Crippen LogP contribution >= 0.6 is 23.2 Å². The summed E-state index contributed by atoms with van der Waals surface area (Å²) in [5, 5.41) is 0.704. The lowest BCUT2D eigenvalue weighted by molar-refractivity contribution is -0.176. The highest BCUT2D eigenvalue weighted by Crippen LogP contribution is 2.37. The summed E-state index contributed by atoms with van der Waals surface area (Å²) in [6.07, 6.45) is 0.736. The minimum atomic E-state index is -0.689. The van der Waals surface area contributed by atoms with Crippen molar-refractivity contribution in [3.05, 3.63) is 34.9 Å². The number of alkyl halides is 1. The molecule has 2 atom stereocenters. The second-order valence-electron chi connectivity index (χ2n) is 3.94. The van der Waals surface area contributed by atoms with Gasteiger partial charge in [0.2, 0.25) is 0 Å². The zero-order valence-electron chi connectivity index (χ0n) is 9.08. The Bertz CT molecular complexity index is 349. The van der Waals surface area contributed by atoms with Crippen molar-refractivity contribution in [2.45, 2.75) is 25.2 Å². The van der Waals surface area contributed by atoms with Crippen molar-refractivity contribution in [2.24, 2.45) is 0 Å². The quantitative estimate of drug-likeness (QED) is 0.774. The fourth-order valence-electron chi connectivity index (χ4n) is 1.90. The van der Waals surface area contributed by atoms with Gasteiger partial charge in [-0.05, 0) is 19.1 Å². The van der Waals surface area contributed by atoms with Crippen molar-refractivity contribution in [1.29, 1.82) is 0 Å². The predicted octanol–water partition coefficient (Wildman–Crippen LogP) is 3.56. The predicted molar refractivity (Wildman–Crippen MR) is 65.0 cm³/mol. The van der Waals surface area contributed by atoms with Crippen LogP contribution in [0.1, 0.15) is 18.9 Å². The molecule has 4 heteroatoms. The summed E-state index contributed by atoms with van der Waals surface area (Å²) >= 11 is 11.7. The number of ether oxygens (including phenoxy) is 2. The molecular weight excluding hydrogens is 247 g/mol. The highest BCUT2D eigenvalue weighted by Gasteiger charge is 2.40. The van der Waals surface area contributed by atoms with Gasteiger partial charge in [-0.25, -0.2) is 0 Å². The summed E-state index contributed by atoms with van der Waals surface area (Å²) < 4.78 is 11.6. The summed E-state index contributed by atoms with van der Waals surface area (Å²) in [4.78, 5) is 0. The van der Waals surface area contributed by atoms with Crippen LogP contribution in [0.2, 0.25) is 5.02 Å². The number of hydrogen-bond donors (Lipinski definition) is 0. The van der Waals surface area contributed by atoms with Crippen molar-refractivity contribution in [3.63, 3.8) is 0 Å². The molecule has 16 heavy (non-hydrogen) atoms. The fraction of sp³-hybridized carbons (Fsp3) is 0.500. The van der Waals surface area contributed by atoms with Gasteiger partial charge in [0.05, 0.1) is 12.7 Å². The first-order chi connectivity index (χ1) is 7.66. The molecule has 2 rings (SSSR count). The van der Waals surface area contributed by atoms with Crippen molar-refractivity contribution >= 4 is 23.2 Å². The molecule has 1 aromatic rings. The zero-order chi connectivity index (χ0) is 11.6. The summed E-state index contributed by atoms with van der Waals surface area (Å²) in [5.74, 6) is -0.193. The van der Waals surface area contributed by atoms with Crippen LogP contribution in [0.5, 0.6) is 0 Å². The minimum absolute atomic E-state index is 0.0962. The van der Waals surface area contributed by atoms with Gasteiger partial charge in [0.15, 0.2) is 5.79 Å². The molecule has 1 fully saturated rings. The molecule has 0 saturated carbocycles. The van der Waals surface area contributed by atoms with Crippen LogP contribution in [0.4, 0.5) is 0 Å². The molecule has 2 nitrogen and oxygen atoms in total. The maximum atomic E-state index is 5.87. The monoisotopic (exact) mass is 260 g/mol. The molecule has 0 spiro atoms. The minimum Gasteiger partial charge on any atom is -0.343 e. The van der Waals surface area contributed by atoms with Crippen LogP contribution in [0, 0.1) is 0 Å². The largest absolute Gasteiger partial charge is 0.343 e. The van der Waals surface area contributed by atoms with Gasteiger partial charge in [-0.3, -0.25) is 0 Å². The molecule has 0 amide bonds. The molecule has 1 aliphatic heterocycles. The van der Waals surface area contributed by atoms with Gasteiger partial charge in [0.25, 0.3) is 0 Å². The van der Waals surface area contributed by atoms with Gasteiger partial charge in [0.1, 0.15) is 0 Å². The van der Waals surface area contributed by atoms with E-state index < -0.39 is 5.79 Å². The van der Waals surface area contributed by atoms with Gasteiger partial charge < -0.3 is 9.47 Å². The lowest BCUT2D eigenvalue weighted by Gasteiger charge is -2.27. The van der Waals surface area contributed by atoms with E-state index in [0.29, 0.717) is 23.9 Å². The van der Waals surface area contributed by atoms with E-state index in [9.17, 15) is 0 Å². The molecule has 0 bridgehead atoms. The van der Waals surface area contributed by atoms with Gasteiger partial charge >= 0.3 is 0 Å². The Morgan fingerprint density at radius 1 is 1.38 bits per heavy atom. The van der Waals surface area contributed by atoms with Crippen molar-refractivity contribution < 1.29 is 9.47 Å². The average Bonchev–Trinajstić information content (AvgIpc) is 2.63. The van der Waals surface area contributed by atoms with Gasteiger partial charge in [-0.15, -0.1) is 11.6 Å². The Labute approximate surface area is 105 Å². The Kier molecular flexibility index (Phi) is 3.75. The standard InChI is InChI=1S/C12H14Cl2O2/c1-9-8-15-12(16-9,6-7-13)10-2-4-11(14)5-3-10/h2-5,9H,6-8H2,1H3. The average molecular weight is 261 g/mol. The highest BCUT2D eigenvalue weighted by atomic mass is 35.5. The number of halogens is 2. The molecule has 2 unspecified atom stereocenters. The van der Waals surface area contributed by atoms with E-state index >= 15 is 0 Å². The maximum absolute atomic E-state index is 5.87. The Balaban J connectivity index is 2.28. The molecule has 0 aliphatic carbocycles. The van der Waals surface area contributed by atoms with Crippen LogP contribution in [0.25, 0.3) is 0 Å². The summed E-state index contributed by atoms with van der Waals surface area (Å²) in [6.45, 7) is 2.59. The SMILES string of the molecule is CC1COC(CCCl)(c2ccc(Cl)cc2)O1. The summed E-state index contributed by atoms with van der Waals surface area (Å²) in [7, 11) is 0. The number of hydrogen-bond acceptors (Lipinski definition) is 2. The Morgan fingerprint density at radius 2 is 2.06 bits per heavy atom. The first-order valence-electron chi connectivity index (χ1n) is 5.30. The molecule has 1 aliphatic rings. The topological polar surface area (TPSA) is 18.5 Å². The molecule has 1 heterocycles. The third kappa shape index (κ3) is 2.35. The Hall–Kier alpha value is -0.280. The van der Waals surface area contributed by atoms with E-state index in [1.165, 1.54) is 0 Å². The van der Waals surface area contributed by atoms with Crippen molar-refractivity contribution in [3.8, 4) is 0 Å². The van der Waals surface area contributed by atoms with E-state index in [1.807, 2.05) is 31.2 Å². The number of benzene rings is 1. The second kappa shape index (κ2) is 4.92. The second-order valence-corrected chi connectivity index (χ2v) is 4.75. The van der Waals surface area contributed by atoms with E-state index in [1.54, 1.807) is 0 Å². The van der Waals surface area contributed by atoms with Crippen LogP contribution in [0.15, 0.2) is 24.3 Å². The molecule has 0 aromatic heterocycles. The van der Waals surface area contributed by atoms with Crippen molar-refractivity contribution in [2.75, 3.05) is 12.5 Å². The smallest absolute Gasteiger partial charge is 0.196 e. The first kappa shape index (κ1) is 12.2. The molecule has 0 N–H and O–H groups in total. The molecule has 1 aromatic carbocycles. The lowest BCUT2D eigenvalue weighted by Crippen LogP contribution is -2.28. The zero-order valence-corrected chi connectivity index (χ0v) is 10.6. The first-order valence-corrected chi connectivity index (χ1v) is 6.21. The van der Waals surface area contributed by atoms with Crippen LogP contribution in [-0.2, 0) is 15.3 Å². The normalized spacial score (nSPS) is 29.6. The van der Waals surface area contributed by atoms with Gasteiger partial charge in [-0.1, -0.05) is 23.7 Å². The van der Waals surface area contributed by atoms with E-state index in [2.05, 4.69) is 0 Å². The van der Waals surface area contributed by atoms with E-state index in [0.717, 1.165) is 5.56 Å². The number of rotatable bonds is 3. The molecule has 88 valence electrons. The fourth-order valence-corrected chi connectivity index (χ4v) is 2.27. The third-order valence-corrected chi connectivity index (χ3v) is 3.09. The maximum Gasteiger partial charge on any atom is 0.196 e. The third-order valence-electron chi connectivity index (χ3n) is 2.65. The van der Waals surface area contributed by atoms with Crippen LogP contribution in [0.3, 0.4) is 0 Å². The lowest BCUT2D eigenvalue weighted by atomic mass is 10.0. The van der Waals surface area contributed by atoms with Crippen LogP contribution < -0.4 is 0 Å². The van der Waals surface area contributed by atoms with E-state index in [4.69, 9.17) is 32.7 Å². The molecule has 0 radical (unpaired) electrons. The highest BCUT2D eigenvalue weighted by molar-refractivity contribution is 6.30. The van der Waals surface area contributed by atoms with Gasteiger partial charge in [0, 0.05) is 22.9 Å². The van der Waals surface area contributed by atoms with Gasteiger partial charge in [-0.2, -0.15) is 0 Å². The molecular formula is C12H14Cl2O2. The summed E-state index contributed by atoms with van der Waals surface area (Å²) in [5.41, 5.74) is 0.974. The molecule has 1 saturated heterocycles. The Morgan fingerprint density at radius 3 is 2.56 bits per heavy atom. The van der Waals surface area contributed by atoms with E-state index in [-0.39, 0.29) is 6.10 Å². The van der Waals surface area contributed by atoms with Crippen LogP contribution in [-0.4, -0.2) is 18.6 Å².